The zero-order chi connectivity index (χ0) is 20.5. The SMILES string of the molecule is C=Cc1cc(C(=O)Nc2cc(-c3cccs3)ccc2N)cnc1/C=C\C.CC. The van der Waals surface area contributed by atoms with Crippen LogP contribution in [0.2, 0.25) is 0 Å². The summed E-state index contributed by atoms with van der Waals surface area (Å²) in [5.74, 6) is -0.261. The number of rotatable bonds is 5. The van der Waals surface area contributed by atoms with Gasteiger partial charge in [0.1, 0.15) is 0 Å². The van der Waals surface area contributed by atoms with Gasteiger partial charge in [-0.25, -0.2) is 0 Å². The van der Waals surface area contributed by atoms with E-state index in [2.05, 4.69) is 16.9 Å². The summed E-state index contributed by atoms with van der Waals surface area (Å²) in [5, 5.41) is 4.89. The maximum absolute atomic E-state index is 12.6. The van der Waals surface area contributed by atoms with Gasteiger partial charge < -0.3 is 11.1 Å². The summed E-state index contributed by atoms with van der Waals surface area (Å²) in [5.41, 5.74) is 10.2. The number of nitrogens with zero attached hydrogens (tertiary/aromatic N) is 1. The first-order chi connectivity index (χ1) is 13.6. The van der Waals surface area contributed by atoms with Crippen LogP contribution in [0.5, 0.6) is 0 Å². The minimum absolute atomic E-state index is 0.261. The summed E-state index contributed by atoms with van der Waals surface area (Å²) in [6.07, 6.45) is 7.01. The molecule has 0 radical (unpaired) electrons. The van der Waals surface area contributed by atoms with E-state index >= 15 is 0 Å². The molecule has 3 N–H and O–H groups in total. The standard InChI is InChI=1S/C21H19N3OS.C2H6/c1-3-6-18-14(4-2)11-16(13-23-18)21(25)24-19-12-15(8-9-17(19)22)20-7-5-10-26-20;1-2/h3-13H,2,22H2,1H3,(H,24,25);1-2H3/b6-3-;. The molecule has 2 heterocycles. The van der Waals surface area contributed by atoms with Crippen molar-refractivity contribution in [3.63, 3.8) is 0 Å². The van der Waals surface area contributed by atoms with Gasteiger partial charge in [-0.3, -0.25) is 9.78 Å². The number of nitrogens with one attached hydrogen (secondary N) is 1. The molecule has 3 rings (SSSR count). The van der Waals surface area contributed by atoms with Crippen LogP contribution in [0.4, 0.5) is 11.4 Å². The number of nitrogen functional groups attached to an aromatic ring is 1. The molecule has 0 saturated heterocycles. The van der Waals surface area contributed by atoms with E-state index in [1.54, 1.807) is 35.7 Å². The van der Waals surface area contributed by atoms with Gasteiger partial charge in [-0.15, -0.1) is 11.3 Å². The number of aromatic nitrogens is 1. The van der Waals surface area contributed by atoms with Crippen LogP contribution >= 0.6 is 11.3 Å². The van der Waals surface area contributed by atoms with Crippen LogP contribution in [0.15, 0.2) is 60.6 Å². The Morgan fingerprint density at radius 2 is 2.04 bits per heavy atom. The molecule has 0 unspecified atom stereocenters. The quantitative estimate of drug-likeness (QED) is 0.498. The van der Waals surface area contributed by atoms with Gasteiger partial charge in [0.25, 0.3) is 5.91 Å². The summed E-state index contributed by atoms with van der Waals surface area (Å²) in [6.45, 7) is 9.70. The van der Waals surface area contributed by atoms with Crippen LogP contribution in [-0.4, -0.2) is 10.9 Å². The Hall–Kier alpha value is -3.18. The highest BCUT2D eigenvalue weighted by molar-refractivity contribution is 7.13. The molecular formula is C23H25N3OS. The van der Waals surface area contributed by atoms with Crippen molar-refractivity contribution < 1.29 is 4.79 Å². The molecule has 0 saturated carbocycles. The highest BCUT2D eigenvalue weighted by Gasteiger charge is 2.12. The third-order valence-corrected chi connectivity index (χ3v) is 4.78. The number of pyridine rings is 1. The first-order valence-electron chi connectivity index (χ1n) is 9.12. The number of hydrogen-bond acceptors (Lipinski definition) is 4. The Morgan fingerprint density at radius 3 is 2.68 bits per heavy atom. The lowest BCUT2D eigenvalue weighted by molar-refractivity contribution is 0.102. The van der Waals surface area contributed by atoms with E-state index in [9.17, 15) is 4.79 Å². The average Bonchev–Trinajstić information content (AvgIpc) is 3.26. The lowest BCUT2D eigenvalue weighted by Crippen LogP contribution is -2.14. The van der Waals surface area contributed by atoms with E-state index < -0.39 is 0 Å². The maximum Gasteiger partial charge on any atom is 0.257 e. The third kappa shape index (κ3) is 4.96. The highest BCUT2D eigenvalue weighted by atomic mass is 32.1. The van der Waals surface area contributed by atoms with E-state index in [1.807, 2.05) is 62.6 Å². The number of allylic oxidation sites excluding steroid dienone is 1. The van der Waals surface area contributed by atoms with Crippen LogP contribution in [0.1, 0.15) is 42.4 Å². The van der Waals surface area contributed by atoms with Crippen LogP contribution < -0.4 is 11.1 Å². The molecule has 0 fully saturated rings. The predicted octanol–water partition coefficient (Wildman–Crippen LogP) is 6.35. The molecule has 0 aliphatic heterocycles. The lowest BCUT2D eigenvalue weighted by Gasteiger charge is -2.11. The van der Waals surface area contributed by atoms with Crippen molar-refractivity contribution in [1.29, 1.82) is 0 Å². The minimum Gasteiger partial charge on any atom is -0.397 e. The van der Waals surface area contributed by atoms with Gasteiger partial charge >= 0.3 is 0 Å². The van der Waals surface area contributed by atoms with E-state index in [-0.39, 0.29) is 5.91 Å². The smallest absolute Gasteiger partial charge is 0.257 e. The Kier molecular flexibility index (Phi) is 7.72. The second-order valence-electron chi connectivity index (χ2n) is 5.64. The predicted molar refractivity (Wildman–Crippen MR) is 123 cm³/mol. The molecule has 4 nitrogen and oxygen atoms in total. The van der Waals surface area contributed by atoms with E-state index in [0.717, 1.165) is 21.7 Å². The van der Waals surface area contributed by atoms with Crippen molar-refractivity contribution in [2.75, 3.05) is 11.1 Å². The fourth-order valence-electron chi connectivity index (χ4n) is 2.53. The van der Waals surface area contributed by atoms with Gasteiger partial charge in [0, 0.05) is 16.6 Å². The number of thiophene rings is 1. The molecule has 144 valence electrons. The molecule has 0 bridgehead atoms. The number of amides is 1. The van der Waals surface area contributed by atoms with Gasteiger partial charge in [0.15, 0.2) is 0 Å². The summed E-state index contributed by atoms with van der Waals surface area (Å²) < 4.78 is 0. The van der Waals surface area contributed by atoms with Gasteiger partial charge in [-0.1, -0.05) is 44.7 Å². The van der Waals surface area contributed by atoms with Crippen molar-refractivity contribution in [2.45, 2.75) is 20.8 Å². The Labute approximate surface area is 170 Å². The third-order valence-electron chi connectivity index (χ3n) is 3.86. The summed E-state index contributed by atoms with van der Waals surface area (Å²) in [6, 6.07) is 11.4. The van der Waals surface area contributed by atoms with E-state index in [0.29, 0.717) is 16.9 Å². The number of hydrogen-bond donors (Lipinski definition) is 2. The van der Waals surface area contributed by atoms with E-state index in [1.165, 1.54) is 0 Å². The van der Waals surface area contributed by atoms with E-state index in [4.69, 9.17) is 5.73 Å². The highest BCUT2D eigenvalue weighted by Crippen LogP contribution is 2.30. The number of benzene rings is 1. The van der Waals surface area contributed by atoms with Crippen molar-refractivity contribution in [1.82, 2.24) is 4.98 Å². The molecule has 3 aromatic rings. The normalized spacial score (nSPS) is 10.2. The maximum atomic E-state index is 12.6. The molecule has 5 heteroatoms. The molecular weight excluding hydrogens is 366 g/mol. The molecule has 0 aliphatic rings. The van der Waals surface area contributed by atoms with Gasteiger partial charge in [-0.05, 0) is 48.2 Å². The number of carbonyl (C=O) groups is 1. The van der Waals surface area contributed by atoms with Crippen LogP contribution in [0.3, 0.4) is 0 Å². The first-order valence-corrected chi connectivity index (χ1v) is 10.00. The average molecular weight is 392 g/mol. The number of nitrogens with two attached hydrogens (primary N) is 1. The van der Waals surface area contributed by atoms with Gasteiger partial charge in [0.2, 0.25) is 0 Å². The second-order valence-corrected chi connectivity index (χ2v) is 6.58. The van der Waals surface area contributed by atoms with Crippen molar-refractivity contribution >= 4 is 40.8 Å². The molecule has 0 atom stereocenters. The molecule has 1 aromatic carbocycles. The first kappa shape index (κ1) is 21.1. The summed E-state index contributed by atoms with van der Waals surface area (Å²) in [7, 11) is 0. The topological polar surface area (TPSA) is 68.0 Å². The Bertz CT molecular complexity index is 976. The lowest BCUT2D eigenvalue weighted by atomic mass is 10.1. The Balaban J connectivity index is 0.00000136. The minimum atomic E-state index is -0.261. The largest absolute Gasteiger partial charge is 0.397 e. The number of anilines is 2. The van der Waals surface area contributed by atoms with Crippen molar-refractivity contribution in [2.24, 2.45) is 0 Å². The monoisotopic (exact) mass is 391 g/mol. The summed E-state index contributed by atoms with van der Waals surface area (Å²) in [4.78, 5) is 18.1. The zero-order valence-electron chi connectivity index (χ0n) is 16.4. The molecule has 28 heavy (non-hydrogen) atoms. The zero-order valence-corrected chi connectivity index (χ0v) is 17.2. The number of carbonyl (C=O) groups excluding carboxylic acids is 1. The van der Waals surface area contributed by atoms with Gasteiger partial charge in [0.05, 0.1) is 22.6 Å². The second kappa shape index (κ2) is 10.2. The van der Waals surface area contributed by atoms with Crippen LogP contribution in [0, 0.1) is 0 Å². The van der Waals surface area contributed by atoms with Crippen LogP contribution in [0.25, 0.3) is 22.6 Å². The summed E-state index contributed by atoms with van der Waals surface area (Å²) >= 11 is 1.64. The van der Waals surface area contributed by atoms with Crippen molar-refractivity contribution in [3.8, 4) is 10.4 Å². The molecule has 0 spiro atoms. The Morgan fingerprint density at radius 1 is 1.25 bits per heavy atom. The fraction of sp³-hybridized carbons (Fsp3) is 0.130. The van der Waals surface area contributed by atoms with Crippen LogP contribution in [-0.2, 0) is 0 Å². The molecule has 1 amide bonds. The molecule has 0 aliphatic carbocycles. The molecule has 2 aromatic heterocycles. The van der Waals surface area contributed by atoms with Crippen molar-refractivity contribution in [3.05, 3.63) is 77.5 Å². The van der Waals surface area contributed by atoms with Gasteiger partial charge in [-0.2, -0.15) is 0 Å². The fourth-order valence-corrected chi connectivity index (χ4v) is 3.26.